The summed E-state index contributed by atoms with van der Waals surface area (Å²) >= 11 is 11.1. The maximum absolute atomic E-state index is 13.5. The molecule has 2 nitrogen and oxygen atoms in total. The SMILES string of the molecule is Cc1ccc2c(C(=O)c3ccc(OCCBr)cc3)c(-c3ccc(Cl)cc3)sc2c1. The van der Waals surface area contributed by atoms with Crippen molar-refractivity contribution < 1.29 is 9.53 Å². The Morgan fingerprint density at radius 2 is 1.76 bits per heavy atom. The molecule has 3 aromatic carbocycles. The smallest absolute Gasteiger partial charge is 0.195 e. The van der Waals surface area contributed by atoms with Gasteiger partial charge in [-0.25, -0.2) is 0 Å². The van der Waals surface area contributed by atoms with Crippen LogP contribution in [0.25, 0.3) is 20.5 Å². The largest absolute Gasteiger partial charge is 0.493 e. The van der Waals surface area contributed by atoms with Crippen LogP contribution in [0.1, 0.15) is 21.5 Å². The molecule has 0 aliphatic heterocycles. The Morgan fingerprint density at radius 1 is 1.03 bits per heavy atom. The normalized spacial score (nSPS) is 11.0. The van der Waals surface area contributed by atoms with Crippen molar-refractivity contribution in [2.24, 2.45) is 0 Å². The summed E-state index contributed by atoms with van der Waals surface area (Å²) in [4.78, 5) is 14.5. The maximum Gasteiger partial charge on any atom is 0.195 e. The van der Waals surface area contributed by atoms with Gasteiger partial charge in [-0.1, -0.05) is 51.8 Å². The van der Waals surface area contributed by atoms with Crippen molar-refractivity contribution in [3.05, 3.63) is 88.4 Å². The molecule has 29 heavy (non-hydrogen) atoms. The lowest BCUT2D eigenvalue weighted by molar-refractivity contribution is 0.104. The van der Waals surface area contributed by atoms with Crippen LogP contribution in [0, 0.1) is 6.92 Å². The van der Waals surface area contributed by atoms with Gasteiger partial charge < -0.3 is 4.74 Å². The average Bonchev–Trinajstić information content (AvgIpc) is 3.11. The molecule has 4 aromatic rings. The van der Waals surface area contributed by atoms with E-state index >= 15 is 0 Å². The molecule has 146 valence electrons. The molecule has 0 N–H and O–H groups in total. The summed E-state index contributed by atoms with van der Waals surface area (Å²) in [6.45, 7) is 2.65. The molecule has 0 aliphatic carbocycles. The van der Waals surface area contributed by atoms with Crippen molar-refractivity contribution in [2.75, 3.05) is 11.9 Å². The Labute approximate surface area is 187 Å². The highest BCUT2D eigenvalue weighted by Gasteiger charge is 2.21. The molecule has 1 heterocycles. The summed E-state index contributed by atoms with van der Waals surface area (Å²) in [5, 5.41) is 2.42. The molecule has 0 saturated carbocycles. The number of hydrogen-bond acceptors (Lipinski definition) is 3. The molecule has 0 amide bonds. The van der Waals surface area contributed by atoms with Crippen molar-refractivity contribution in [3.8, 4) is 16.2 Å². The molecule has 0 fully saturated rings. The van der Waals surface area contributed by atoms with E-state index in [1.165, 1.54) is 5.56 Å². The second kappa shape index (κ2) is 8.70. The molecule has 1 aromatic heterocycles. The first-order chi connectivity index (χ1) is 14.1. The fourth-order valence-corrected chi connectivity index (χ4v) is 4.83. The summed E-state index contributed by atoms with van der Waals surface area (Å²) in [5.74, 6) is 0.766. The van der Waals surface area contributed by atoms with Crippen LogP contribution in [-0.4, -0.2) is 17.7 Å². The fourth-order valence-electron chi connectivity index (χ4n) is 3.24. The van der Waals surface area contributed by atoms with Crippen LogP contribution in [0.15, 0.2) is 66.7 Å². The van der Waals surface area contributed by atoms with Gasteiger partial charge in [-0.3, -0.25) is 4.79 Å². The monoisotopic (exact) mass is 484 g/mol. The molecule has 0 unspecified atom stereocenters. The van der Waals surface area contributed by atoms with Crippen LogP contribution in [-0.2, 0) is 0 Å². The van der Waals surface area contributed by atoms with Crippen LogP contribution in [0.3, 0.4) is 0 Å². The number of hydrogen-bond donors (Lipinski definition) is 0. The van der Waals surface area contributed by atoms with Crippen LogP contribution in [0.4, 0.5) is 0 Å². The fraction of sp³-hybridized carbons (Fsp3) is 0.125. The highest BCUT2D eigenvalue weighted by atomic mass is 79.9. The van der Waals surface area contributed by atoms with E-state index in [4.69, 9.17) is 16.3 Å². The lowest BCUT2D eigenvalue weighted by Crippen LogP contribution is -2.03. The number of rotatable bonds is 6. The van der Waals surface area contributed by atoms with E-state index in [1.54, 1.807) is 11.3 Å². The van der Waals surface area contributed by atoms with E-state index < -0.39 is 0 Å². The van der Waals surface area contributed by atoms with Crippen LogP contribution in [0.5, 0.6) is 5.75 Å². The zero-order valence-corrected chi connectivity index (χ0v) is 18.9. The van der Waals surface area contributed by atoms with E-state index in [9.17, 15) is 4.79 Å². The molecule has 5 heteroatoms. The predicted octanol–water partition coefficient (Wildman–Crippen LogP) is 7.53. The number of alkyl halides is 1. The first kappa shape index (κ1) is 20.1. The van der Waals surface area contributed by atoms with Gasteiger partial charge in [-0.15, -0.1) is 11.3 Å². The molecular formula is C24H18BrClO2S. The molecule has 0 radical (unpaired) electrons. The lowest BCUT2D eigenvalue weighted by Gasteiger charge is -2.07. The minimum absolute atomic E-state index is 0.0112. The third-order valence-corrected chi connectivity index (χ3v) is 6.42. The Balaban J connectivity index is 1.81. The quantitative estimate of drug-likeness (QED) is 0.208. The number of carbonyl (C=O) groups is 1. The van der Waals surface area contributed by atoms with Gasteiger partial charge in [0.2, 0.25) is 0 Å². The van der Waals surface area contributed by atoms with Gasteiger partial charge >= 0.3 is 0 Å². The Kier molecular flexibility index (Phi) is 6.04. The van der Waals surface area contributed by atoms with E-state index in [2.05, 4.69) is 35.0 Å². The summed E-state index contributed by atoms with van der Waals surface area (Å²) in [6.07, 6.45) is 0. The van der Waals surface area contributed by atoms with Gasteiger partial charge in [-0.05, 0) is 60.5 Å². The number of benzene rings is 3. The second-order valence-corrected chi connectivity index (χ2v) is 8.99. The number of ketones is 1. The Bertz CT molecular complexity index is 1160. The van der Waals surface area contributed by atoms with Crippen LogP contribution < -0.4 is 4.74 Å². The number of halogens is 2. The lowest BCUT2D eigenvalue weighted by atomic mass is 9.97. The summed E-state index contributed by atoms with van der Waals surface area (Å²) < 4.78 is 6.71. The standard InChI is InChI=1S/C24H18BrClO2S/c1-15-2-11-20-21(14-15)29-24(17-3-7-18(26)8-4-17)22(20)23(27)16-5-9-19(10-6-16)28-13-12-25/h2-11,14H,12-13H2,1H3. The van der Waals surface area contributed by atoms with Crippen molar-refractivity contribution in [2.45, 2.75) is 6.92 Å². The summed E-state index contributed by atoms with van der Waals surface area (Å²) in [6, 6.07) is 21.2. The van der Waals surface area contributed by atoms with E-state index in [1.807, 2.05) is 54.6 Å². The third kappa shape index (κ3) is 4.25. The van der Waals surface area contributed by atoms with Crippen molar-refractivity contribution in [3.63, 3.8) is 0 Å². The van der Waals surface area contributed by atoms with E-state index in [-0.39, 0.29) is 5.78 Å². The van der Waals surface area contributed by atoms with E-state index in [0.29, 0.717) is 17.2 Å². The number of aryl methyl sites for hydroxylation is 1. The van der Waals surface area contributed by atoms with Crippen LogP contribution >= 0.6 is 38.9 Å². The zero-order valence-electron chi connectivity index (χ0n) is 15.7. The minimum atomic E-state index is 0.0112. The molecule has 0 aliphatic rings. The third-order valence-electron chi connectivity index (χ3n) is 4.64. The number of ether oxygens (including phenoxy) is 1. The number of thiophene rings is 1. The highest BCUT2D eigenvalue weighted by molar-refractivity contribution is 9.09. The molecule has 0 saturated heterocycles. The molecular weight excluding hydrogens is 468 g/mol. The van der Waals surface area contributed by atoms with Crippen molar-refractivity contribution in [1.29, 1.82) is 0 Å². The predicted molar refractivity (Wildman–Crippen MR) is 126 cm³/mol. The average molecular weight is 486 g/mol. The number of carbonyl (C=O) groups excluding carboxylic acids is 1. The van der Waals surface area contributed by atoms with Gasteiger partial charge in [0.1, 0.15) is 5.75 Å². The molecule has 0 bridgehead atoms. The Hall–Kier alpha value is -2.14. The van der Waals surface area contributed by atoms with Crippen molar-refractivity contribution >= 4 is 54.7 Å². The minimum Gasteiger partial charge on any atom is -0.493 e. The molecule has 0 spiro atoms. The topological polar surface area (TPSA) is 26.3 Å². The highest BCUT2D eigenvalue weighted by Crippen LogP contribution is 2.40. The Morgan fingerprint density at radius 3 is 2.45 bits per heavy atom. The van der Waals surface area contributed by atoms with Crippen LogP contribution in [0.2, 0.25) is 5.02 Å². The van der Waals surface area contributed by atoms with E-state index in [0.717, 1.165) is 37.2 Å². The maximum atomic E-state index is 13.5. The van der Waals surface area contributed by atoms with Gasteiger partial charge in [0.05, 0.1) is 6.61 Å². The number of fused-ring (bicyclic) bond motifs is 1. The van der Waals surface area contributed by atoms with Gasteiger partial charge in [0.15, 0.2) is 5.78 Å². The molecule has 4 rings (SSSR count). The second-order valence-electron chi connectivity index (χ2n) is 6.70. The van der Waals surface area contributed by atoms with Crippen molar-refractivity contribution in [1.82, 2.24) is 0 Å². The van der Waals surface area contributed by atoms with Gasteiger partial charge in [0, 0.05) is 36.4 Å². The first-order valence-corrected chi connectivity index (χ1v) is 11.5. The first-order valence-electron chi connectivity index (χ1n) is 9.19. The van der Waals surface area contributed by atoms with Gasteiger partial charge in [-0.2, -0.15) is 0 Å². The van der Waals surface area contributed by atoms with Gasteiger partial charge in [0.25, 0.3) is 0 Å². The summed E-state index contributed by atoms with van der Waals surface area (Å²) in [7, 11) is 0. The molecule has 0 atom stereocenters. The zero-order chi connectivity index (χ0) is 20.4. The summed E-state index contributed by atoms with van der Waals surface area (Å²) in [5.41, 5.74) is 3.55.